The Kier molecular flexibility index (Phi) is 5.52. The standard InChI is InChI=1S/C18H28N2O3/c1-13(2)22-16-9-7-6-8-14(16)15-12-20(11-10-19-15)17(21)23-18(3,4)5/h6-9,13,15,19H,10-12H2,1-5H3/t15-/m0/s1. The predicted octanol–water partition coefficient (Wildman–Crippen LogP) is 3.36. The molecule has 1 aliphatic heterocycles. The van der Waals surface area contributed by atoms with Crippen molar-refractivity contribution in [1.29, 1.82) is 0 Å². The van der Waals surface area contributed by atoms with Gasteiger partial charge < -0.3 is 19.7 Å². The molecule has 0 aliphatic carbocycles. The topological polar surface area (TPSA) is 50.8 Å². The van der Waals surface area contributed by atoms with Gasteiger partial charge in [-0.3, -0.25) is 0 Å². The van der Waals surface area contributed by atoms with Crippen LogP contribution in [0.1, 0.15) is 46.2 Å². The van der Waals surface area contributed by atoms with E-state index in [0.29, 0.717) is 13.1 Å². The Morgan fingerprint density at radius 2 is 2.00 bits per heavy atom. The van der Waals surface area contributed by atoms with E-state index in [2.05, 4.69) is 5.32 Å². The molecule has 1 fully saturated rings. The van der Waals surface area contributed by atoms with Gasteiger partial charge in [0.05, 0.1) is 12.1 Å². The van der Waals surface area contributed by atoms with Crippen LogP contribution < -0.4 is 10.1 Å². The van der Waals surface area contributed by atoms with Crippen molar-refractivity contribution in [2.24, 2.45) is 0 Å². The quantitative estimate of drug-likeness (QED) is 0.928. The predicted molar refractivity (Wildman–Crippen MR) is 90.8 cm³/mol. The van der Waals surface area contributed by atoms with Gasteiger partial charge in [-0.1, -0.05) is 18.2 Å². The third-order valence-corrected chi connectivity index (χ3v) is 3.48. The molecule has 0 bridgehead atoms. The van der Waals surface area contributed by atoms with Crippen LogP contribution >= 0.6 is 0 Å². The summed E-state index contributed by atoms with van der Waals surface area (Å²) in [4.78, 5) is 14.1. The molecule has 5 nitrogen and oxygen atoms in total. The summed E-state index contributed by atoms with van der Waals surface area (Å²) in [5.41, 5.74) is 0.602. The summed E-state index contributed by atoms with van der Waals surface area (Å²) < 4.78 is 11.4. The first-order valence-electron chi connectivity index (χ1n) is 8.23. The minimum Gasteiger partial charge on any atom is -0.491 e. The molecule has 0 spiro atoms. The molecule has 5 heteroatoms. The van der Waals surface area contributed by atoms with Gasteiger partial charge in [0.2, 0.25) is 0 Å². The van der Waals surface area contributed by atoms with Gasteiger partial charge in [-0.05, 0) is 40.7 Å². The van der Waals surface area contributed by atoms with Crippen LogP contribution in [0.25, 0.3) is 0 Å². The molecule has 1 aromatic carbocycles. The molecule has 1 aromatic rings. The van der Waals surface area contributed by atoms with Gasteiger partial charge >= 0.3 is 6.09 Å². The molecule has 128 valence electrons. The molecule has 1 atom stereocenters. The largest absolute Gasteiger partial charge is 0.491 e. The van der Waals surface area contributed by atoms with E-state index in [-0.39, 0.29) is 18.2 Å². The van der Waals surface area contributed by atoms with Gasteiger partial charge in [-0.2, -0.15) is 0 Å². The fourth-order valence-electron chi connectivity index (χ4n) is 2.58. The van der Waals surface area contributed by atoms with E-state index in [4.69, 9.17) is 9.47 Å². The molecule has 1 N–H and O–H groups in total. The lowest BCUT2D eigenvalue weighted by Gasteiger charge is -2.35. The summed E-state index contributed by atoms with van der Waals surface area (Å²) in [6.45, 7) is 11.6. The second-order valence-electron chi connectivity index (χ2n) is 7.14. The van der Waals surface area contributed by atoms with Crippen molar-refractivity contribution in [3.63, 3.8) is 0 Å². The highest BCUT2D eigenvalue weighted by Gasteiger charge is 2.29. The van der Waals surface area contributed by atoms with Gasteiger partial charge in [-0.25, -0.2) is 4.79 Å². The summed E-state index contributed by atoms with van der Waals surface area (Å²) in [5, 5.41) is 3.47. The summed E-state index contributed by atoms with van der Waals surface area (Å²) in [7, 11) is 0. The second-order valence-corrected chi connectivity index (χ2v) is 7.14. The third kappa shape index (κ3) is 5.13. The Bertz CT molecular complexity index is 537. The first-order chi connectivity index (χ1) is 10.8. The number of nitrogens with zero attached hydrogens (tertiary/aromatic N) is 1. The molecule has 1 heterocycles. The van der Waals surface area contributed by atoms with Crippen molar-refractivity contribution in [3.05, 3.63) is 29.8 Å². The van der Waals surface area contributed by atoms with Crippen LogP contribution in [0, 0.1) is 0 Å². The zero-order valence-electron chi connectivity index (χ0n) is 14.8. The highest BCUT2D eigenvalue weighted by molar-refractivity contribution is 5.68. The number of amides is 1. The zero-order chi connectivity index (χ0) is 17.0. The lowest BCUT2D eigenvalue weighted by molar-refractivity contribution is 0.0193. The molecule has 0 unspecified atom stereocenters. The summed E-state index contributed by atoms with van der Waals surface area (Å²) >= 11 is 0. The smallest absolute Gasteiger partial charge is 0.410 e. The number of piperazine rings is 1. The molecule has 0 aromatic heterocycles. The molecule has 0 radical (unpaired) electrons. The number of carbonyl (C=O) groups is 1. The van der Waals surface area contributed by atoms with Gasteiger partial charge in [0.25, 0.3) is 0 Å². The molecular formula is C18H28N2O3. The van der Waals surface area contributed by atoms with Crippen LogP contribution in [-0.4, -0.2) is 42.3 Å². The summed E-state index contributed by atoms with van der Waals surface area (Å²) in [6, 6.07) is 8.04. The van der Waals surface area contributed by atoms with Crippen molar-refractivity contribution in [2.75, 3.05) is 19.6 Å². The Labute approximate surface area is 139 Å². The monoisotopic (exact) mass is 320 g/mol. The van der Waals surface area contributed by atoms with Crippen molar-refractivity contribution in [2.45, 2.75) is 52.4 Å². The highest BCUT2D eigenvalue weighted by atomic mass is 16.6. The maximum atomic E-state index is 12.3. The van der Waals surface area contributed by atoms with Gasteiger partial charge in [0.1, 0.15) is 11.4 Å². The summed E-state index contributed by atoms with van der Waals surface area (Å²) in [6.07, 6.45) is -0.145. The minimum atomic E-state index is -0.476. The van der Waals surface area contributed by atoms with Crippen LogP contribution in [0.4, 0.5) is 4.79 Å². The van der Waals surface area contributed by atoms with E-state index >= 15 is 0 Å². The van der Waals surface area contributed by atoms with E-state index in [9.17, 15) is 4.79 Å². The van der Waals surface area contributed by atoms with Crippen LogP contribution in [0.3, 0.4) is 0 Å². The normalized spacial score (nSPS) is 18.9. The van der Waals surface area contributed by atoms with Crippen molar-refractivity contribution in [1.82, 2.24) is 10.2 Å². The van der Waals surface area contributed by atoms with Crippen molar-refractivity contribution < 1.29 is 14.3 Å². The van der Waals surface area contributed by atoms with E-state index in [1.165, 1.54) is 0 Å². The average Bonchev–Trinajstić information content (AvgIpc) is 2.45. The van der Waals surface area contributed by atoms with Gasteiger partial charge in [-0.15, -0.1) is 0 Å². The number of hydrogen-bond donors (Lipinski definition) is 1. The molecule has 23 heavy (non-hydrogen) atoms. The van der Waals surface area contributed by atoms with Crippen LogP contribution in [0.2, 0.25) is 0 Å². The molecule has 1 amide bonds. The highest BCUT2D eigenvalue weighted by Crippen LogP contribution is 2.28. The number of carbonyl (C=O) groups excluding carboxylic acids is 1. The molecule has 1 saturated heterocycles. The Hall–Kier alpha value is -1.75. The van der Waals surface area contributed by atoms with E-state index in [1.807, 2.05) is 58.9 Å². The minimum absolute atomic E-state index is 0.0474. The van der Waals surface area contributed by atoms with Gasteiger partial charge in [0, 0.05) is 25.2 Å². The fourth-order valence-corrected chi connectivity index (χ4v) is 2.58. The summed E-state index contributed by atoms with van der Waals surface area (Å²) in [5.74, 6) is 0.867. The first kappa shape index (κ1) is 17.6. The van der Waals surface area contributed by atoms with E-state index in [1.54, 1.807) is 4.90 Å². The van der Waals surface area contributed by atoms with Crippen molar-refractivity contribution in [3.8, 4) is 5.75 Å². The van der Waals surface area contributed by atoms with Crippen LogP contribution in [-0.2, 0) is 4.74 Å². The Balaban J connectivity index is 2.11. The molecule has 1 aliphatic rings. The molecular weight excluding hydrogens is 292 g/mol. The molecule has 0 saturated carbocycles. The zero-order valence-corrected chi connectivity index (χ0v) is 14.8. The molecule has 2 rings (SSSR count). The Morgan fingerprint density at radius 1 is 1.30 bits per heavy atom. The Morgan fingerprint density at radius 3 is 2.65 bits per heavy atom. The third-order valence-electron chi connectivity index (χ3n) is 3.48. The number of nitrogens with one attached hydrogen (secondary N) is 1. The number of rotatable bonds is 3. The number of para-hydroxylation sites is 1. The number of benzene rings is 1. The van der Waals surface area contributed by atoms with Crippen molar-refractivity contribution >= 4 is 6.09 Å². The lowest BCUT2D eigenvalue weighted by Crippen LogP contribution is -2.49. The maximum absolute atomic E-state index is 12.3. The first-order valence-corrected chi connectivity index (χ1v) is 8.23. The average molecular weight is 320 g/mol. The van der Waals surface area contributed by atoms with E-state index in [0.717, 1.165) is 17.9 Å². The van der Waals surface area contributed by atoms with Gasteiger partial charge in [0.15, 0.2) is 0 Å². The lowest BCUT2D eigenvalue weighted by atomic mass is 10.0. The SMILES string of the molecule is CC(C)Oc1ccccc1[C@@H]1CN(C(=O)OC(C)(C)C)CCN1. The van der Waals surface area contributed by atoms with Crippen LogP contribution in [0.15, 0.2) is 24.3 Å². The van der Waals surface area contributed by atoms with E-state index < -0.39 is 5.60 Å². The number of hydrogen-bond acceptors (Lipinski definition) is 4. The number of ether oxygens (including phenoxy) is 2. The maximum Gasteiger partial charge on any atom is 0.410 e. The second kappa shape index (κ2) is 7.21. The fraction of sp³-hybridized carbons (Fsp3) is 0.611. The van der Waals surface area contributed by atoms with Crippen LogP contribution in [0.5, 0.6) is 5.75 Å².